The van der Waals surface area contributed by atoms with Gasteiger partial charge in [-0.15, -0.1) is 10.2 Å². The number of methoxy groups -OCH3 is 1. The maximum atomic E-state index is 14.3. The van der Waals surface area contributed by atoms with Crippen LogP contribution in [-0.4, -0.2) is 114 Å². The van der Waals surface area contributed by atoms with E-state index >= 15 is 0 Å². The third-order valence-electron chi connectivity index (χ3n) is 9.26. The number of aromatic nitrogens is 3. The van der Waals surface area contributed by atoms with Gasteiger partial charge in [0.25, 0.3) is 11.8 Å². The molecule has 1 unspecified atom stereocenters. The summed E-state index contributed by atoms with van der Waals surface area (Å²) in [6, 6.07) is 4.53. The molecule has 2 aliphatic rings. The molecule has 2 fully saturated rings. The van der Waals surface area contributed by atoms with Gasteiger partial charge in [-0.05, 0) is 77.2 Å². The number of benzene rings is 1. The van der Waals surface area contributed by atoms with Crippen LogP contribution < -0.4 is 9.64 Å². The molecule has 244 valence electrons. The van der Waals surface area contributed by atoms with Gasteiger partial charge in [0, 0.05) is 63.9 Å². The minimum Gasteiger partial charge on any atom is -0.434 e. The van der Waals surface area contributed by atoms with Crippen molar-refractivity contribution in [2.24, 2.45) is 11.3 Å². The summed E-state index contributed by atoms with van der Waals surface area (Å²) in [7, 11) is 1.76. The second-order valence-electron chi connectivity index (χ2n) is 13.0. The SMILES string of the molecule is CCN(CCCC(C(C)C)N1CC2(CCN(c3ncnnc3Oc3ccc(F)cc3C(=O)N(CC)C(C)C)C2)C1)CCOC. The van der Waals surface area contributed by atoms with E-state index in [1.54, 1.807) is 12.0 Å². The molecule has 3 heterocycles. The molecule has 11 heteroatoms. The number of likely N-dealkylation sites (N-methyl/N-ethyl adjacent to an activating group) is 1. The van der Waals surface area contributed by atoms with Gasteiger partial charge in [0.1, 0.15) is 17.9 Å². The molecular formula is C33H52FN7O3. The van der Waals surface area contributed by atoms with E-state index < -0.39 is 5.82 Å². The molecule has 44 heavy (non-hydrogen) atoms. The van der Waals surface area contributed by atoms with Crippen molar-refractivity contribution in [2.45, 2.75) is 72.9 Å². The van der Waals surface area contributed by atoms with E-state index in [4.69, 9.17) is 9.47 Å². The van der Waals surface area contributed by atoms with Crippen LogP contribution in [-0.2, 0) is 4.74 Å². The number of rotatable bonds is 16. The van der Waals surface area contributed by atoms with E-state index in [-0.39, 0.29) is 34.6 Å². The largest absolute Gasteiger partial charge is 0.434 e. The Morgan fingerprint density at radius 2 is 1.89 bits per heavy atom. The van der Waals surface area contributed by atoms with E-state index in [1.165, 1.54) is 37.4 Å². The number of likely N-dealkylation sites (tertiary alicyclic amines) is 1. The molecule has 1 amide bonds. The highest BCUT2D eigenvalue weighted by Gasteiger charge is 2.50. The Kier molecular flexibility index (Phi) is 11.9. The highest BCUT2D eigenvalue weighted by Crippen LogP contribution is 2.44. The summed E-state index contributed by atoms with van der Waals surface area (Å²) < 4.78 is 25.8. The molecule has 1 aromatic heterocycles. The molecule has 1 aromatic carbocycles. The Bertz CT molecular complexity index is 1220. The second kappa shape index (κ2) is 15.4. The molecule has 1 atom stereocenters. The molecule has 0 N–H and O–H groups in total. The van der Waals surface area contributed by atoms with Gasteiger partial charge in [0.2, 0.25) is 0 Å². The van der Waals surface area contributed by atoms with Crippen LogP contribution in [0.5, 0.6) is 11.6 Å². The lowest BCUT2D eigenvalue weighted by Crippen LogP contribution is -2.62. The number of anilines is 1. The van der Waals surface area contributed by atoms with E-state index in [1.807, 2.05) is 20.8 Å². The zero-order chi connectivity index (χ0) is 31.9. The zero-order valence-corrected chi connectivity index (χ0v) is 27.8. The standard InChI is InChI=1S/C33H52FN7O3/c1-8-38(17-18-43-7)15-10-11-28(24(3)4)40-21-33(22-40)14-16-39(20-33)30-31(37-36-23-35-30)44-29-13-12-26(34)19-27(29)32(42)41(9-2)25(5)6/h12-13,19,23-25,28H,8-11,14-18,20-22H2,1-7H3. The van der Waals surface area contributed by atoms with Crippen LogP contribution in [0.25, 0.3) is 0 Å². The van der Waals surface area contributed by atoms with Crippen molar-refractivity contribution in [3.05, 3.63) is 35.9 Å². The van der Waals surface area contributed by atoms with Gasteiger partial charge in [0.15, 0.2) is 5.82 Å². The van der Waals surface area contributed by atoms with Crippen molar-refractivity contribution in [3.63, 3.8) is 0 Å². The van der Waals surface area contributed by atoms with Crippen LogP contribution in [0.15, 0.2) is 24.5 Å². The summed E-state index contributed by atoms with van der Waals surface area (Å²) in [5.74, 6) is 0.876. The lowest BCUT2D eigenvalue weighted by atomic mass is 9.76. The summed E-state index contributed by atoms with van der Waals surface area (Å²) in [6.45, 7) is 20.9. The van der Waals surface area contributed by atoms with Crippen LogP contribution in [0.4, 0.5) is 10.2 Å². The number of carbonyl (C=O) groups excluding carboxylic acids is 1. The number of halogens is 1. The molecule has 0 saturated carbocycles. The van der Waals surface area contributed by atoms with Crippen LogP contribution in [0, 0.1) is 17.2 Å². The predicted octanol–water partition coefficient (Wildman–Crippen LogP) is 4.96. The maximum Gasteiger partial charge on any atom is 0.282 e. The molecule has 2 saturated heterocycles. The summed E-state index contributed by atoms with van der Waals surface area (Å²) in [4.78, 5) is 26.9. The first-order valence-electron chi connectivity index (χ1n) is 16.3. The van der Waals surface area contributed by atoms with Gasteiger partial charge in [0.05, 0.1) is 12.2 Å². The normalized spacial score (nSPS) is 17.1. The highest BCUT2D eigenvalue weighted by atomic mass is 19.1. The minimum atomic E-state index is -0.498. The topological polar surface area (TPSA) is 87.2 Å². The molecule has 0 radical (unpaired) electrons. The van der Waals surface area contributed by atoms with E-state index in [2.05, 4.69) is 50.7 Å². The van der Waals surface area contributed by atoms with Crippen LogP contribution in [0.3, 0.4) is 0 Å². The Balaban J connectivity index is 1.41. The van der Waals surface area contributed by atoms with Gasteiger partial charge >= 0.3 is 0 Å². The lowest BCUT2D eigenvalue weighted by molar-refractivity contribution is -0.0346. The predicted molar refractivity (Wildman–Crippen MR) is 171 cm³/mol. The molecule has 10 nitrogen and oxygen atoms in total. The third-order valence-corrected chi connectivity index (χ3v) is 9.26. The highest BCUT2D eigenvalue weighted by molar-refractivity contribution is 5.97. The number of hydrogen-bond donors (Lipinski definition) is 0. The van der Waals surface area contributed by atoms with Gasteiger partial charge in [-0.2, -0.15) is 0 Å². The molecule has 0 bridgehead atoms. The average molecular weight is 614 g/mol. The van der Waals surface area contributed by atoms with E-state index in [9.17, 15) is 9.18 Å². The van der Waals surface area contributed by atoms with E-state index in [0.717, 1.165) is 58.8 Å². The van der Waals surface area contributed by atoms with Crippen molar-refractivity contribution < 1.29 is 18.7 Å². The Hall–Kier alpha value is -2.89. The first-order chi connectivity index (χ1) is 21.1. The van der Waals surface area contributed by atoms with Gasteiger partial charge in [-0.3, -0.25) is 9.69 Å². The van der Waals surface area contributed by atoms with Crippen molar-refractivity contribution in [1.82, 2.24) is 29.9 Å². The quantitative estimate of drug-likeness (QED) is 0.261. The monoisotopic (exact) mass is 613 g/mol. The van der Waals surface area contributed by atoms with Crippen molar-refractivity contribution >= 4 is 11.7 Å². The Labute approximate surface area is 262 Å². The summed E-state index contributed by atoms with van der Waals surface area (Å²) >= 11 is 0. The summed E-state index contributed by atoms with van der Waals surface area (Å²) in [6.07, 6.45) is 4.87. The minimum absolute atomic E-state index is 0.0394. The van der Waals surface area contributed by atoms with E-state index in [0.29, 0.717) is 24.3 Å². The fourth-order valence-corrected chi connectivity index (χ4v) is 6.84. The van der Waals surface area contributed by atoms with Gasteiger partial charge in [-0.1, -0.05) is 20.8 Å². The first kappa shape index (κ1) is 34.0. The van der Waals surface area contributed by atoms with Crippen LogP contribution >= 0.6 is 0 Å². The van der Waals surface area contributed by atoms with Gasteiger partial charge < -0.3 is 24.2 Å². The first-order valence-corrected chi connectivity index (χ1v) is 16.3. The molecule has 2 aromatic rings. The Morgan fingerprint density at radius 1 is 1.11 bits per heavy atom. The van der Waals surface area contributed by atoms with Gasteiger partial charge in [-0.25, -0.2) is 9.37 Å². The van der Waals surface area contributed by atoms with Crippen molar-refractivity contribution in [3.8, 4) is 11.6 Å². The summed E-state index contributed by atoms with van der Waals surface area (Å²) in [5.41, 5.74) is 0.365. The fraction of sp³-hybridized carbons (Fsp3) is 0.697. The number of amides is 1. The zero-order valence-electron chi connectivity index (χ0n) is 27.8. The van der Waals surface area contributed by atoms with Crippen LogP contribution in [0.1, 0.15) is 71.2 Å². The second-order valence-corrected chi connectivity index (χ2v) is 13.0. The fourth-order valence-electron chi connectivity index (χ4n) is 6.84. The summed E-state index contributed by atoms with van der Waals surface area (Å²) in [5, 5.41) is 8.23. The molecule has 0 aliphatic carbocycles. The number of carbonyl (C=O) groups is 1. The maximum absolute atomic E-state index is 14.3. The smallest absolute Gasteiger partial charge is 0.282 e. The molecule has 1 spiro atoms. The van der Waals surface area contributed by atoms with Crippen molar-refractivity contribution in [2.75, 3.05) is 71.0 Å². The van der Waals surface area contributed by atoms with Crippen LogP contribution in [0.2, 0.25) is 0 Å². The number of ether oxygens (including phenoxy) is 2. The average Bonchev–Trinajstić information content (AvgIpc) is 3.43. The Morgan fingerprint density at radius 3 is 2.55 bits per heavy atom. The number of nitrogens with zero attached hydrogens (tertiary/aromatic N) is 7. The number of hydrogen-bond acceptors (Lipinski definition) is 9. The third kappa shape index (κ3) is 8.03. The molecule has 4 rings (SSSR count). The molecular weight excluding hydrogens is 561 g/mol. The lowest BCUT2D eigenvalue weighted by Gasteiger charge is -2.53. The van der Waals surface area contributed by atoms with Crippen molar-refractivity contribution in [1.29, 1.82) is 0 Å². The molecule has 2 aliphatic heterocycles.